The minimum absolute atomic E-state index is 0.0346. The van der Waals surface area contributed by atoms with Crippen molar-refractivity contribution in [3.8, 4) is 5.75 Å². The lowest BCUT2D eigenvalue weighted by Crippen LogP contribution is -2.70. The zero-order valence-electron chi connectivity index (χ0n) is 22.0. The van der Waals surface area contributed by atoms with Gasteiger partial charge in [0.1, 0.15) is 6.17 Å². The molecule has 41 heavy (non-hydrogen) atoms. The summed E-state index contributed by atoms with van der Waals surface area (Å²) < 4.78 is 48.0. The van der Waals surface area contributed by atoms with Crippen molar-refractivity contribution in [1.29, 1.82) is 0 Å². The largest absolute Gasteiger partial charge is 0.451 e. The number of benzene rings is 2. The molecule has 7 rings (SSSR count). The van der Waals surface area contributed by atoms with Crippen LogP contribution in [0.3, 0.4) is 0 Å². The van der Waals surface area contributed by atoms with E-state index in [2.05, 4.69) is 0 Å². The molecule has 4 aliphatic rings. The lowest BCUT2D eigenvalue weighted by molar-refractivity contribution is -0.147. The van der Waals surface area contributed by atoms with Crippen LogP contribution in [0.5, 0.6) is 5.75 Å². The number of nitrogens with zero attached hydrogens (tertiary/aromatic N) is 3. The maximum atomic E-state index is 15.4. The molecule has 3 aliphatic heterocycles. The number of amides is 1. The van der Waals surface area contributed by atoms with E-state index in [1.165, 1.54) is 30.9 Å². The number of ether oxygens (including phenoxy) is 3. The van der Waals surface area contributed by atoms with Crippen molar-refractivity contribution in [1.82, 2.24) is 9.58 Å². The summed E-state index contributed by atoms with van der Waals surface area (Å²) in [6, 6.07) is 10.9. The highest BCUT2D eigenvalue weighted by molar-refractivity contribution is 7.98. The van der Waals surface area contributed by atoms with Crippen molar-refractivity contribution in [2.45, 2.75) is 48.2 Å². The fraction of sp³-hybridized carbons (Fsp3) is 0.345. The Labute approximate surface area is 237 Å². The maximum absolute atomic E-state index is 15.4. The number of esters is 1. The normalized spacial score (nSPS) is 21.8. The van der Waals surface area contributed by atoms with Crippen LogP contribution in [0.15, 0.2) is 58.4 Å². The third kappa shape index (κ3) is 4.03. The predicted molar refractivity (Wildman–Crippen MR) is 143 cm³/mol. The van der Waals surface area contributed by atoms with Crippen molar-refractivity contribution >= 4 is 23.6 Å². The first-order valence-corrected chi connectivity index (χ1v) is 14.2. The smallest absolute Gasteiger partial charge is 0.305 e. The second-order valence-electron chi connectivity index (χ2n) is 10.5. The molecule has 0 unspecified atom stereocenters. The molecule has 0 bridgehead atoms. The summed E-state index contributed by atoms with van der Waals surface area (Å²) in [5.41, 5.74) is 0.452. The van der Waals surface area contributed by atoms with Gasteiger partial charge >= 0.3 is 5.97 Å². The lowest BCUT2D eigenvalue weighted by Gasteiger charge is -2.54. The molecule has 2 aromatic carbocycles. The predicted octanol–water partition coefficient (Wildman–Crippen LogP) is 3.70. The minimum Gasteiger partial charge on any atom is -0.451 e. The zero-order chi connectivity index (χ0) is 28.5. The summed E-state index contributed by atoms with van der Waals surface area (Å²) in [6.07, 6.45) is 2.30. The molecule has 4 heterocycles. The molecule has 9 nitrogen and oxygen atoms in total. The monoisotopic (exact) mass is 581 g/mol. The van der Waals surface area contributed by atoms with E-state index in [4.69, 9.17) is 14.2 Å². The molecule has 3 aromatic rings. The van der Waals surface area contributed by atoms with Crippen LogP contribution < -0.4 is 15.2 Å². The Balaban J connectivity index is 1.49. The first kappa shape index (κ1) is 26.0. The van der Waals surface area contributed by atoms with Crippen LogP contribution in [0, 0.1) is 11.6 Å². The van der Waals surface area contributed by atoms with Crippen molar-refractivity contribution in [2.75, 3.05) is 25.0 Å². The third-order valence-electron chi connectivity index (χ3n) is 8.13. The van der Waals surface area contributed by atoms with E-state index in [0.29, 0.717) is 12.2 Å². The number of fused-ring (bicyclic) bond motifs is 5. The van der Waals surface area contributed by atoms with Crippen LogP contribution in [0.1, 0.15) is 53.0 Å². The second-order valence-corrected chi connectivity index (χ2v) is 11.6. The Morgan fingerprint density at radius 3 is 2.71 bits per heavy atom. The fourth-order valence-electron chi connectivity index (χ4n) is 6.10. The van der Waals surface area contributed by atoms with Crippen molar-refractivity contribution in [3.63, 3.8) is 0 Å². The van der Waals surface area contributed by atoms with Gasteiger partial charge in [0, 0.05) is 35.4 Å². The molecule has 1 saturated heterocycles. The summed E-state index contributed by atoms with van der Waals surface area (Å²) in [6.45, 7) is 1.16. The number of halogens is 2. The Hall–Kier alpha value is -3.90. The summed E-state index contributed by atoms with van der Waals surface area (Å²) in [4.78, 5) is 41.3. The van der Waals surface area contributed by atoms with E-state index in [9.17, 15) is 18.8 Å². The minimum atomic E-state index is -0.937. The van der Waals surface area contributed by atoms with E-state index in [0.717, 1.165) is 29.4 Å². The lowest BCUT2D eigenvalue weighted by atomic mass is 9.92. The number of carbonyl (C=O) groups excluding carboxylic acids is 2. The number of rotatable bonds is 4. The highest BCUT2D eigenvalue weighted by atomic mass is 32.2. The number of hydrogen-bond donors (Lipinski definition) is 0. The molecular weight excluding hydrogens is 556 g/mol. The van der Waals surface area contributed by atoms with Crippen LogP contribution in [0.25, 0.3) is 0 Å². The van der Waals surface area contributed by atoms with Gasteiger partial charge in [-0.25, -0.2) is 8.78 Å². The molecule has 2 fully saturated rings. The summed E-state index contributed by atoms with van der Waals surface area (Å²) >= 11 is 1.41. The van der Waals surface area contributed by atoms with E-state index >= 15 is 4.39 Å². The quantitative estimate of drug-likeness (QED) is 0.341. The number of carbonyl (C=O) groups is 2. The third-order valence-corrected chi connectivity index (χ3v) is 9.24. The van der Waals surface area contributed by atoms with E-state index in [1.807, 2.05) is 29.3 Å². The SMILES string of the molecule is CC(=O)OCOc1c2n(ccc1=O)N([C@@H]1c3ccccc3SCc3c1ccc(F)c3F)[C@@H]1COCC3(CC3)N1C2=O. The molecule has 12 heteroatoms. The Kier molecular flexibility index (Phi) is 6.09. The molecule has 1 amide bonds. The van der Waals surface area contributed by atoms with Gasteiger partial charge in [0.15, 0.2) is 17.3 Å². The molecule has 1 spiro atoms. The molecule has 2 atom stereocenters. The first-order chi connectivity index (χ1) is 19.8. The number of pyridine rings is 1. The van der Waals surface area contributed by atoms with Gasteiger partial charge in [0.25, 0.3) is 5.91 Å². The highest BCUT2D eigenvalue weighted by Crippen LogP contribution is 2.51. The molecule has 0 radical (unpaired) electrons. The van der Waals surface area contributed by atoms with Gasteiger partial charge in [0.05, 0.1) is 24.8 Å². The van der Waals surface area contributed by atoms with E-state index in [1.54, 1.807) is 15.6 Å². The molecule has 0 N–H and O–H groups in total. The van der Waals surface area contributed by atoms with Gasteiger partial charge in [-0.3, -0.25) is 24.1 Å². The summed E-state index contributed by atoms with van der Waals surface area (Å²) in [7, 11) is 0. The second kappa shape index (κ2) is 9.59. The van der Waals surface area contributed by atoms with E-state index in [-0.39, 0.29) is 29.4 Å². The van der Waals surface area contributed by atoms with Crippen LogP contribution in [-0.4, -0.2) is 53.2 Å². The average Bonchev–Trinajstić information content (AvgIpc) is 3.74. The summed E-state index contributed by atoms with van der Waals surface area (Å²) in [5.74, 6) is -2.92. The standard InChI is InChI=1S/C29H25F2N3O6S/c1-16(35)39-15-40-27-21(36)8-11-32-26(27)28(37)33-23(12-38-14-29(33)9-10-29)34(32)25-17-6-7-20(30)24(31)19(17)13-41-22-5-3-2-4-18(22)25/h2-8,11,23,25H,9-10,12-15H2,1H3/t23-,25+/m1/s1. The van der Waals surface area contributed by atoms with Crippen LogP contribution in [-0.2, 0) is 20.0 Å². The fourth-order valence-corrected chi connectivity index (χ4v) is 7.22. The Bertz CT molecular complexity index is 1660. The van der Waals surface area contributed by atoms with Crippen LogP contribution in [0.4, 0.5) is 8.78 Å². The molecule has 1 aliphatic carbocycles. The molecular formula is C29H25F2N3O6S. The van der Waals surface area contributed by atoms with Crippen LogP contribution in [0.2, 0.25) is 0 Å². The number of morpholine rings is 1. The van der Waals surface area contributed by atoms with Gasteiger partial charge in [-0.1, -0.05) is 24.3 Å². The topological polar surface area (TPSA) is 90.3 Å². The maximum Gasteiger partial charge on any atom is 0.305 e. The Morgan fingerprint density at radius 1 is 1.12 bits per heavy atom. The molecule has 1 saturated carbocycles. The number of aromatic nitrogens is 1. The highest BCUT2D eigenvalue weighted by Gasteiger charge is 2.60. The molecule has 212 valence electrons. The number of hydrogen-bond acceptors (Lipinski definition) is 8. The van der Waals surface area contributed by atoms with Crippen molar-refractivity contribution < 1.29 is 32.6 Å². The van der Waals surface area contributed by atoms with Crippen molar-refractivity contribution in [2.24, 2.45) is 0 Å². The van der Waals surface area contributed by atoms with Crippen molar-refractivity contribution in [3.05, 3.63) is 92.9 Å². The van der Waals surface area contributed by atoms with Gasteiger partial charge in [0.2, 0.25) is 18.0 Å². The number of thioether (sulfide) groups is 1. The first-order valence-electron chi connectivity index (χ1n) is 13.2. The van der Waals surface area contributed by atoms with Gasteiger partial charge in [-0.2, -0.15) is 0 Å². The van der Waals surface area contributed by atoms with Gasteiger partial charge in [-0.15, -0.1) is 11.8 Å². The van der Waals surface area contributed by atoms with Gasteiger partial charge in [-0.05, 0) is 36.1 Å². The van der Waals surface area contributed by atoms with Crippen LogP contribution >= 0.6 is 11.8 Å². The zero-order valence-corrected chi connectivity index (χ0v) is 22.8. The molecule has 1 aromatic heterocycles. The Morgan fingerprint density at radius 2 is 1.93 bits per heavy atom. The summed E-state index contributed by atoms with van der Waals surface area (Å²) in [5, 5.41) is 1.90. The average molecular weight is 582 g/mol. The van der Waals surface area contributed by atoms with Gasteiger partial charge < -0.3 is 19.1 Å². The van der Waals surface area contributed by atoms with E-state index < -0.39 is 53.5 Å².